The van der Waals surface area contributed by atoms with Crippen molar-refractivity contribution < 1.29 is 9.59 Å². The number of carbonyl (C=O) groups is 2. The first-order chi connectivity index (χ1) is 8.02. The van der Waals surface area contributed by atoms with Gasteiger partial charge in [-0.3, -0.25) is 19.8 Å². The largest absolute Gasteiger partial charge is 0.298 e. The minimum absolute atomic E-state index is 0.0849. The molecule has 1 heterocycles. The van der Waals surface area contributed by atoms with Crippen LogP contribution in [-0.2, 0) is 9.59 Å². The summed E-state index contributed by atoms with van der Waals surface area (Å²) in [5.41, 5.74) is 1.44. The van der Waals surface area contributed by atoms with E-state index in [1.807, 2.05) is 19.1 Å². The number of thiocarbonyl (C=S) groups is 1. The third-order valence-corrected chi connectivity index (χ3v) is 2.80. The molecule has 1 aromatic rings. The van der Waals surface area contributed by atoms with Gasteiger partial charge in [-0.05, 0) is 30.8 Å². The van der Waals surface area contributed by atoms with Crippen LogP contribution in [0.2, 0.25) is 0 Å². The Morgan fingerprint density at radius 3 is 2.59 bits per heavy atom. The van der Waals surface area contributed by atoms with Crippen LogP contribution in [0.5, 0.6) is 0 Å². The average Bonchev–Trinajstić information content (AvgIpc) is 2.29. The first-order valence-electron chi connectivity index (χ1n) is 4.96. The maximum absolute atomic E-state index is 12.0. The minimum Gasteiger partial charge on any atom is -0.298 e. The molecule has 0 atom stereocenters. The number of benzene rings is 1. The third-order valence-electron chi connectivity index (χ3n) is 2.52. The predicted octanol–water partition coefficient (Wildman–Crippen LogP) is 1.30. The van der Waals surface area contributed by atoms with Gasteiger partial charge in [0.25, 0.3) is 11.8 Å². The maximum Gasteiger partial charge on any atom is 0.269 e. The summed E-state index contributed by atoms with van der Waals surface area (Å²) in [5.74, 6) is -1.02. The molecule has 4 nitrogen and oxygen atoms in total. The average molecular weight is 246 g/mol. The Balaban J connectivity index is 2.48. The number of rotatable bonds is 1. The van der Waals surface area contributed by atoms with Crippen LogP contribution < -0.4 is 10.2 Å². The smallest absolute Gasteiger partial charge is 0.269 e. The third kappa shape index (κ3) is 1.85. The van der Waals surface area contributed by atoms with Gasteiger partial charge in [0, 0.05) is 0 Å². The summed E-state index contributed by atoms with van der Waals surface area (Å²) < 4.78 is 0. The fraction of sp³-hybridized carbons (Fsp3) is 0.0833. The lowest BCUT2D eigenvalue weighted by atomic mass is 10.1. The minimum atomic E-state index is -0.537. The number of amides is 2. The highest BCUT2D eigenvalue weighted by molar-refractivity contribution is 7.80. The molecule has 2 rings (SSSR count). The van der Waals surface area contributed by atoms with Gasteiger partial charge in [-0.25, -0.2) is 0 Å². The Bertz CT molecular complexity index is 551. The van der Waals surface area contributed by atoms with Crippen LogP contribution in [0.15, 0.2) is 36.4 Å². The Morgan fingerprint density at radius 1 is 1.29 bits per heavy atom. The lowest BCUT2D eigenvalue weighted by molar-refractivity contribution is -0.122. The lowest BCUT2D eigenvalue weighted by Gasteiger charge is -2.29. The van der Waals surface area contributed by atoms with Crippen LogP contribution in [0.4, 0.5) is 5.69 Å². The number of para-hydroxylation sites is 1. The molecule has 0 unspecified atom stereocenters. The first-order valence-corrected chi connectivity index (χ1v) is 5.37. The summed E-state index contributed by atoms with van der Waals surface area (Å²) in [6, 6.07) is 7.30. The van der Waals surface area contributed by atoms with Crippen LogP contribution in [0.1, 0.15) is 5.56 Å². The summed E-state index contributed by atoms with van der Waals surface area (Å²) >= 11 is 5.01. The van der Waals surface area contributed by atoms with Gasteiger partial charge < -0.3 is 0 Å². The normalized spacial score (nSPS) is 16.2. The quantitative estimate of drug-likeness (QED) is 0.461. The number of carbonyl (C=O) groups excluding carboxylic acids is 2. The van der Waals surface area contributed by atoms with E-state index in [1.54, 1.807) is 12.1 Å². The van der Waals surface area contributed by atoms with E-state index in [1.165, 1.54) is 4.90 Å². The second kappa shape index (κ2) is 4.10. The number of nitrogens with one attached hydrogen (secondary N) is 1. The van der Waals surface area contributed by atoms with Gasteiger partial charge in [0.1, 0.15) is 0 Å². The summed E-state index contributed by atoms with van der Waals surface area (Å²) in [7, 11) is 0. The number of hydrogen-bond donors (Lipinski definition) is 1. The summed E-state index contributed by atoms with van der Waals surface area (Å²) in [6.45, 7) is 5.32. The Kier molecular flexibility index (Phi) is 2.77. The maximum atomic E-state index is 12.0. The summed E-state index contributed by atoms with van der Waals surface area (Å²) in [4.78, 5) is 24.6. The van der Waals surface area contributed by atoms with E-state index >= 15 is 0 Å². The first kappa shape index (κ1) is 11.5. The molecule has 0 aliphatic carbocycles. The van der Waals surface area contributed by atoms with Crippen LogP contribution in [-0.4, -0.2) is 16.9 Å². The van der Waals surface area contributed by atoms with Gasteiger partial charge in [0.15, 0.2) is 5.11 Å². The summed E-state index contributed by atoms with van der Waals surface area (Å²) in [6.07, 6.45) is 0. The molecular formula is C12H10N2O2S. The fourth-order valence-corrected chi connectivity index (χ4v) is 1.86. The van der Waals surface area contributed by atoms with Crippen LogP contribution in [0.3, 0.4) is 0 Å². The van der Waals surface area contributed by atoms with Crippen molar-refractivity contribution in [3.63, 3.8) is 0 Å². The van der Waals surface area contributed by atoms with Gasteiger partial charge in [-0.2, -0.15) is 0 Å². The highest BCUT2D eigenvalue weighted by Gasteiger charge is 2.33. The summed E-state index contributed by atoms with van der Waals surface area (Å²) in [5, 5.41) is 2.52. The second-order valence-corrected chi connectivity index (χ2v) is 4.05. The Morgan fingerprint density at radius 2 is 1.94 bits per heavy atom. The Hall–Kier alpha value is -2.01. The molecule has 0 spiro atoms. The zero-order valence-corrected chi connectivity index (χ0v) is 10.0. The molecule has 5 heteroatoms. The van der Waals surface area contributed by atoms with Crippen molar-refractivity contribution in [3.8, 4) is 0 Å². The number of nitrogens with zero attached hydrogens (tertiary/aromatic N) is 1. The van der Waals surface area contributed by atoms with Crippen molar-refractivity contribution >= 4 is 34.8 Å². The molecule has 17 heavy (non-hydrogen) atoms. The zero-order chi connectivity index (χ0) is 12.6. The van der Waals surface area contributed by atoms with Gasteiger partial charge >= 0.3 is 0 Å². The van der Waals surface area contributed by atoms with E-state index in [0.717, 1.165) is 5.56 Å². The van der Waals surface area contributed by atoms with Crippen LogP contribution in [0.25, 0.3) is 0 Å². The molecule has 1 N–H and O–H groups in total. The highest BCUT2D eigenvalue weighted by Crippen LogP contribution is 2.23. The van der Waals surface area contributed by atoms with Crippen LogP contribution in [0, 0.1) is 6.92 Å². The topological polar surface area (TPSA) is 49.4 Å². The van der Waals surface area contributed by atoms with Crippen molar-refractivity contribution in [2.24, 2.45) is 0 Å². The monoisotopic (exact) mass is 246 g/mol. The molecule has 1 saturated heterocycles. The van der Waals surface area contributed by atoms with E-state index in [2.05, 4.69) is 11.9 Å². The van der Waals surface area contributed by atoms with Gasteiger partial charge in [-0.1, -0.05) is 24.8 Å². The van der Waals surface area contributed by atoms with E-state index < -0.39 is 11.8 Å². The van der Waals surface area contributed by atoms with Crippen LogP contribution >= 0.6 is 12.2 Å². The Labute approximate surface area is 104 Å². The van der Waals surface area contributed by atoms with E-state index in [9.17, 15) is 9.59 Å². The second-order valence-electron chi connectivity index (χ2n) is 3.66. The van der Waals surface area contributed by atoms with Gasteiger partial charge in [0.2, 0.25) is 0 Å². The molecule has 0 bridgehead atoms. The van der Waals surface area contributed by atoms with Crippen molar-refractivity contribution in [2.45, 2.75) is 6.92 Å². The van der Waals surface area contributed by atoms with E-state index in [0.29, 0.717) is 5.69 Å². The van der Waals surface area contributed by atoms with Gasteiger partial charge in [-0.15, -0.1) is 0 Å². The molecule has 0 radical (unpaired) electrons. The van der Waals surface area contributed by atoms with Crippen molar-refractivity contribution in [2.75, 3.05) is 4.90 Å². The number of anilines is 1. The molecule has 1 aromatic carbocycles. The molecule has 2 amide bonds. The lowest BCUT2D eigenvalue weighted by Crippen LogP contribution is -2.54. The molecule has 1 fully saturated rings. The molecular weight excluding hydrogens is 236 g/mol. The number of aryl methyl sites for hydroxylation is 1. The van der Waals surface area contributed by atoms with Gasteiger partial charge in [0.05, 0.1) is 11.3 Å². The number of hydrogen-bond acceptors (Lipinski definition) is 3. The van der Waals surface area contributed by atoms with Crippen molar-refractivity contribution in [1.82, 2.24) is 5.32 Å². The molecule has 0 saturated carbocycles. The predicted molar refractivity (Wildman–Crippen MR) is 68.5 cm³/mol. The van der Waals surface area contributed by atoms with Crippen molar-refractivity contribution in [1.29, 1.82) is 0 Å². The molecule has 1 aliphatic heterocycles. The molecule has 86 valence electrons. The fourth-order valence-electron chi connectivity index (χ4n) is 1.59. The van der Waals surface area contributed by atoms with E-state index in [4.69, 9.17) is 12.2 Å². The van der Waals surface area contributed by atoms with E-state index in [-0.39, 0.29) is 10.7 Å². The standard InChI is InChI=1S/C12H10N2O2S/c1-7-5-3-4-6-9(7)14-11(16)8(2)10(15)13-12(14)17/h3-6H,2H2,1H3,(H,13,15,17). The molecule has 1 aliphatic rings. The zero-order valence-electron chi connectivity index (χ0n) is 9.19. The molecule has 0 aromatic heterocycles. The SMILES string of the molecule is C=C1C(=O)NC(=S)N(c2ccccc2C)C1=O. The van der Waals surface area contributed by atoms with Crippen molar-refractivity contribution in [3.05, 3.63) is 42.0 Å². The highest BCUT2D eigenvalue weighted by atomic mass is 32.1.